The summed E-state index contributed by atoms with van der Waals surface area (Å²) in [6.45, 7) is 2.17. The third-order valence-corrected chi connectivity index (χ3v) is 11.4. The lowest BCUT2D eigenvalue weighted by Gasteiger charge is -2.17. The fourth-order valence-corrected chi connectivity index (χ4v) is 8.36. The van der Waals surface area contributed by atoms with Gasteiger partial charge in [-0.2, -0.15) is 0 Å². The van der Waals surface area contributed by atoms with Crippen molar-refractivity contribution in [3.63, 3.8) is 0 Å². The molecule has 0 atom stereocenters. The Bertz CT molecular complexity index is 3280. The molecule has 0 radical (unpaired) electrons. The van der Waals surface area contributed by atoms with Crippen LogP contribution in [-0.4, -0.2) is 29.5 Å². The van der Waals surface area contributed by atoms with Crippen LogP contribution in [-0.2, 0) is 0 Å². The Hall–Kier alpha value is -8.35. The first-order chi connectivity index (χ1) is 30.6. The molecule has 0 aliphatic carbocycles. The molecule has 0 fully saturated rings. The van der Waals surface area contributed by atoms with Crippen LogP contribution in [0.4, 0.5) is 0 Å². The van der Waals surface area contributed by atoms with Gasteiger partial charge in [0.05, 0.1) is 28.1 Å². The van der Waals surface area contributed by atoms with E-state index in [0.29, 0.717) is 23.3 Å². The molecule has 0 saturated heterocycles. The lowest BCUT2D eigenvalue weighted by molar-refractivity contribution is 1.06. The summed E-state index contributed by atoms with van der Waals surface area (Å²) in [5, 5.41) is 2.33. The average molecular weight is 795 g/mol. The Morgan fingerprint density at radius 3 is 1.42 bits per heavy atom. The average Bonchev–Trinajstić information content (AvgIpc) is 3.68. The Labute approximate surface area is 359 Å². The molecule has 3 heterocycles. The standard InChI is InChI=1S/C56H38N6/c1-37-18-14-15-27-44(37)42-30-32-51-46(34-42)45-28-16-17-29-50(45)62(51)52-33-31-43(49-36-48(38-19-6-2-7-20-38)57-53(58-49)39-21-8-3-9-22-39)35-47(52)56-60-54(40-23-10-4-11-24-40)59-55(61-56)41-25-12-5-13-26-41/h2-36H,1H3. The second-order valence-corrected chi connectivity index (χ2v) is 15.4. The minimum Gasteiger partial charge on any atom is -0.309 e. The van der Waals surface area contributed by atoms with Crippen LogP contribution in [0.5, 0.6) is 0 Å². The quantitative estimate of drug-likeness (QED) is 0.153. The minimum absolute atomic E-state index is 0.553. The van der Waals surface area contributed by atoms with Crippen LogP contribution in [0.3, 0.4) is 0 Å². The summed E-state index contributed by atoms with van der Waals surface area (Å²) in [7, 11) is 0. The van der Waals surface area contributed by atoms with Gasteiger partial charge in [-0.3, -0.25) is 0 Å². The summed E-state index contributed by atoms with van der Waals surface area (Å²) >= 11 is 0. The first-order valence-electron chi connectivity index (χ1n) is 20.8. The molecule has 6 nitrogen and oxygen atoms in total. The molecule has 0 aliphatic rings. The number of benzene rings is 8. The van der Waals surface area contributed by atoms with Crippen molar-refractivity contribution in [2.75, 3.05) is 0 Å². The number of aryl methyl sites for hydroxylation is 1. The molecule has 11 aromatic rings. The molecule has 0 N–H and O–H groups in total. The number of nitrogens with zero attached hydrogens (tertiary/aromatic N) is 6. The van der Waals surface area contributed by atoms with Crippen LogP contribution < -0.4 is 0 Å². The zero-order valence-corrected chi connectivity index (χ0v) is 33.9. The van der Waals surface area contributed by atoms with Gasteiger partial charge >= 0.3 is 0 Å². The zero-order chi connectivity index (χ0) is 41.4. The monoisotopic (exact) mass is 794 g/mol. The first-order valence-corrected chi connectivity index (χ1v) is 20.8. The maximum absolute atomic E-state index is 5.29. The fraction of sp³-hybridized carbons (Fsp3) is 0.0179. The molecule has 0 unspecified atom stereocenters. The van der Waals surface area contributed by atoms with E-state index in [9.17, 15) is 0 Å². The van der Waals surface area contributed by atoms with Gasteiger partial charge in [0, 0.05) is 44.2 Å². The van der Waals surface area contributed by atoms with Gasteiger partial charge in [-0.25, -0.2) is 24.9 Å². The Morgan fingerprint density at radius 2 is 0.790 bits per heavy atom. The number of para-hydroxylation sites is 1. The molecule has 0 bridgehead atoms. The molecule has 8 aromatic carbocycles. The maximum Gasteiger partial charge on any atom is 0.166 e. The van der Waals surface area contributed by atoms with Gasteiger partial charge in [-0.05, 0) is 60.0 Å². The minimum atomic E-state index is 0.553. The number of aromatic nitrogens is 6. The predicted molar refractivity (Wildman–Crippen MR) is 253 cm³/mol. The summed E-state index contributed by atoms with van der Waals surface area (Å²) < 4.78 is 2.35. The summed E-state index contributed by atoms with van der Waals surface area (Å²) in [6, 6.07) is 73.3. The van der Waals surface area contributed by atoms with Crippen molar-refractivity contribution in [2.24, 2.45) is 0 Å². The smallest absolute Gasteiger partial charge is 0.166 e. The van der Waals surface area contributed by atoms with E-state index in [1.807, 2.05) is 97.1 Å². The van der Waals surface area contributed by atoms with Crippen LogP contribution in [0.25, 0.3) is 107 Å². The highest BCUT2D eigenvalue weighted by molar-refractivity contribution is 6.11. The number of hydrogen-bond donors (Lipinski definition) is 0. The van der Waals surface area contributed by atoms with Gasteiger partial charge in [-0.15, -0.1) is 0 Å². The van der Waals surface area contributed by atoms with E-state index in [0.717, 1.165) is 72.3 Å². The fourth-order valence-electron chi connectivity index (χ4n) is 8.36. The summed E-state index contributed by atoms with van der Waals surface area (Å²) in [5.41, 5.74) is 13.9. The van der Waals surface area contributed by atoms with Crippen molar-refractivity contribution >= 4 is 21.8 Å². The van der Waals surface area contributed by atoms with Gasteiger partial charge in [0.1, 0.15) is 0 Å². The molecule has 62 heavy (non-hydrogen) atoms. The zero-order valence-electron chi connectivity index (χ0n) is 33.9. The summed E-state index contributed by atoms with van der Waals surface area (Å²) in [4.78, 5) is 26.0. The van der Waals surface area contributed by atoms with Crippen LogP contribution in [0.15, 0.2) is 212 Å². The number of rotatable bonds is 8. The normalized spacial score (nSPS) is 11.3. The van der Waals surface area contributed by atoms with Gasteiger partial charge in [0.25, 0.3) is 0 Å². The molecule has 0 amide bonds. The summed E-state index contributed by atoms with van der Waals surface area (Å²) in [5.74, 6) is 2.39. The highest BCUT2D eigenvalue weighted by Gasteiger charge is 2.22. The van der Waals surface area contributed by atoms with Crippen molar-refractivity contribution < 1.29 is 0 Å². The van der Waals surface area contributed by atoms with E-state index < -0.39 is 0 Å². The van der Waals surface area contributed by atoms with E-state index in [4.69, 9.17) is 24.9 Å². The Balaban J connectivity index is 1.20. The molecule has 6 heteroatoms. The third kappa shape index (κ3) is 6.79. The number of hydrogen-bond acceptors (Lipinski definition) is 5. The lowest BCUT2D eigenvalue weighted by Crippen LogP contribution is -2.04. The highest BCUT2D eigenvalue weighted by Crippen LogP contribution is 2.40. The third-order valence-electron chi connectivity index (χ3n) is 11.4. The van der Waals surface area contributed by atoms with Crippen LogP contribution in [0, 0.1) is 6.92 Å². The van der Waals surface area contributed by atoms with Gasteiger partial charge in [0.2, 0.25) is 0 Å². The molecule has 11 rings (SSSR count). The van der Waals surface area contributed by atoms with Crippen molar-refractivity contribution in [3.8, 4) is 84.9 Å². The second-order valence-electron chi connectivity index (χ2n) is 15.4. The molecular weight excluding hydrogens is 757 g/mol. The van der Waals surface area contributed by atoms with Gasteiger partial charge in [0.15, 0.2) is 23.3 Å². The molecular formula is C56H38N6. The largest absolute Gasteiger partial charge is 0.309 e. The van der Waals surface area contributed by atoms with Crippen molar-refractivity contribution in [1.82, 2.24) is 29.5 Å². The molecule has 0 aliphatic heterocycles. The molecule has 3 aromatic heterocycles. The van der Waals surface area contributed by atoms with Gasteiger partial charge in [-0.1, -0.05) is 176 Å². The highest BCUT2D eigenvalue weighted by atomic mass is 15.1. The second kappa shape index (κ2) is 15.7. The van der Waals surface area contributed by atoms with Crippen molar-refractivity contribution in [2.45, 2.75) is 6.92 Å². The van der Waals surface area contributed by atoms with Crippen LogP contribution in [0.2, 0.25) is 0 Å². The Morgan fingerprint density at radius 1 is 0.306 bits per heavy atom. The van der Waals surface area contributed by atoms with E-state index in [1.54, 1.807) is 0 Å². The summed E-state index contributed by atoms with van der Waals surface area (Å²) in [6.07, 6.45) is 0. The molecule has 0 saturated carbocycles. The van der Waals surface area contributed by atoms with Crippen molar-refractivity contribution in [3.05, 3.63) is 218 Å². The van der Waals surface area contributed by atoms with Gasteiger partial charge < -0.3 is 4.57 Å². The van der Waals surface area contributed by atoms with Crippen LogP contribution in [0.1, 0.15) is 5.56 Å². The number of fused-ring (bicyclic) bond motifs is 3. The van der Waals surface area contributed by atoms with E-state index >= 15 is 0 Å². The maximum atomic E-state index is 5.29. The molecule has 0 spiro atoms. The van der Waals surface area contributed by atoms with E-state index in [-0.39, 0.29) is 0 Å². The lowest BCUT2D eigenvalue weighted by atomic mass is 9.99. The predicted octanol–water partition coefficient (Wildman–Crippen LogP) is 13.7. The van der Waals surface area contributed by atoms with Crippen molar-refractivity contribution in [1.29, 1.82) is 0 Å². The van der Waals surface area contributed by atoms with Crippen LogP contribution >= 0.6 is 0 Å². The van der Waals surface area contributed by atoms with E-state index in [1.165, 1.54) is 16.7 Å². The first kappa shape index (κ1) is 36.7. The molecule has 292 valence electrons. The topological polar surface area (TPSA) is 69.4 Å². The SMILES string of the molecule is Cc1ccccc1-c1ccc2c(c1)c1ccccc1n2-c1ccc(-c2cc(-c3ccccc3)nc(-c3ccccc3)n2)cc1-c1nc(-c2ccccc2)nc(-c2ccccc2)n1. The van der Waals surface area contributed by atoms with E-state index in [2.05, 4.69) is 127 Å². The Kier molecular flexibility index (Phi) is 9.28.